The Morgan fingerprint density at radius 1 is 1.09 bits per heavy atom. The lowest BCUT2D eigenvalue weighted by Gasteiger charge is -2.27. The summed E-state index contributed by atoms with van der Waals surface area (Å²) in [5, 5.41) is 14.1. The summed E-state index contributed by atoms with van der Waals surface area (Å²) in [6, 6.07) is 16.9. The molecule has 1 atom stereocenters. The van der Waals surface area contributed by atoms with Gasteiger partial charge in [-0.3, -0.25) is 4.79 Å². The zero-order valence-corrected chi connectivity index (χ0v) is 12.0. The standard InChI is InChI=1S/C18H16N2O2/c21-18(14-6-2-1-3-7-14)13-20-12-16-9-5-4-8-15(16)10-17(20)11-19-22/h1-12,17,22H,13H2/b19-11+. The van der Waals surface area contributed by atoms with Crippen molar-refractivity contribution in [1.29, 1.82) is 0 Å². The number of carbonyl (C=O) groups excluding carboxylic acids is 1. The number of carbonyl (C=O) groups is 1. The average molecular weight is 292 g/mol. The highest BCUT2D eigenvalue weighted by Gasteiger charge is 2.18. The largest absolute Gasteiger partial charge is 0.411 e. The van der Waals surface area contributed by atoms with Gasteiger partial charge >= 0.3 is 0 Å². The maximum Gasteiger partial charge on any atom is 0.182 e. The molecule has 0 amide bonds. The number of oxime groups is 1. The molecule has 110 valence electrons. The Morgan fingerprint density at radius 3 is 2.50 bits per heavy atom. The zero-order valence-electron chi connectivity index (χ0n) is 12.0. The van der Waals surface area contributed by atoms with Crippen molar-refractivity contribution in [3.8, 4) is 0 Å². The summed E-state index contributed by atoms with van der Waals surface area (Å²) in [6.45, 7) is 0.228. The van der Waals surface area contributed by atoms with Crippen LogP contribution >= 0.6 is 0 Å². The second-order valence-corrected chi connectivity index (χ2v) is 5.14. The van der Waals surface area contributed by atoms with Gasteiger partial charge in [-0.05, 0) is 16.5 Å². The summed E-state index contributed by atoms with van der Waals surface area (Å²) in [7, 11) is 0. The van der Waals surface area contributed by atoms with Gasteiger partial charge in [-0.1, -0.05) is 59.8 Å². The first-order valence-electron chi connectivity index (χ1n) is 7.08. The van der Waals surface area contributed by atoms with Crippen LogP contribution in [-0.4, -0.2) is 34.7 Å². The van der Waals surface area contributed by atoms with E-state index < -0.39 is 0 Å². The third-order valence-electron chi connectivity index (χ3n) is 3.68. The molecule has 1 heterocycles. The molecular formula is C18H16N2O2. The molecule has 1 aliphatic rings. The predicted octanol–water partition coefficient (Wildman–Crippen LogP) is 1.23. The molecule has 4 nitrogen and oxygen atoms in total. The van der Waals surface area contributed by atoms with E-state index in [1.807, 2.05) is 59.6 Å². The van der Waals surface area contributed by atoms with Crippen molar-refractivity contribution in [1.82, 2.24) is 4.90 Å². The lowest BCUT2D eigenvalue weighted by molar-refractivity contribution is 0.0961. The van der Waals surface area contributed by atoms with Crippen molar-refractivity contribution in [3.05, 3.63) is 70.6 Å². The van der Waals surface area contributed by atoms with Crippen molar-refractivity contribution >= 4 is 24.3 Å². The van der Waals surface area contributed by atoms with E-state index in [9.17, 15) is 4.79 Å². The Kier molecular flexibility index (Phi) is 4.01. The van der Waals surface area contributed by atoms with Crippen LogP contribution in [-0.2, 0) is 0 Å². The second kappa shape index (κ2) is 6.26. The van der Waals surface area contributed by atoms with E-state index in [4.69, 9.17) is 5.21 Å². The van der Waals surface area contributed by atoms with E-state index in [1.54, 1.807) is 12.1 Å². The first-order valence-corrected chi connectivity index (χ1v) is 7.08. The molecule has 2 aromatic carbocycles. The van der Waals surface area contributed by atoms with E-state index in [0.29, 0.717) is 5.56 Å². The van der Waals surface area contributed by atoms with Gasteiger partial charge in [-0.25, -0.2) is 0 Å². The van der Waals surface area contributed by atoms with Gasteiger partial charge in [0.1, 0.15) is 0 Å². The summed E-state index contributed by atoms with van der Waals surface area (Å²) in [5.74, 6) is 0.0287. The minimum atomic E-state index is -0.243. The van der Waals surface area contributed by atoms with Gasteiger partial charge in [0, 0.05) is 11.8 Å². The summed E-state index contributed by atoms with van der Waals surface area (Å²) >= 11 is 0. The number of hydrogen-bond acceptors (Lipinski definition) is 4. The van der Waals surface area contributed by atoms with Crippen LogP contribution in [0.4, 0.5) is 0 Å². The molecule has 0 saturated heterocycles. The molecule has 0 aliphatic carbocycles. The van der Waals surface area contributed by atoms with E-state index in [1.165, 1.54) is 6.21 Å². The molecule has 0 fully saturated rings. The molecule has 1 N–H and O–H groups in total. The van der Waals surface area contributed by atoms with Crippen LogP contribution in [0.3, 0.4) is 0 Å². The Hall–Kier alpha value is -2.88. The molecule has 1 aliphatic heterocycles. The Morgan fingerprint density at radius 2 is 1.77 bits per heavy atom. The van der Waals surface area contributed by atoms with Gasteiger partial charge in [-0.15, -0.1) is 0 Å². The number of fused-ring (bicyclic) bond motifs is 1. The Bertz CT molecular complexity index is 812. The molecule has 0 spiro atoms. The topological polar surface area (TPSA) is 52.9 Å². The number of Topliss-reactive ketones (excluding diaryl/α,β-unsaturated/α-hetero) is 1. The van der Waals surface area contributed by atoms with E-state index >= 15 is 0 Å². The lowest BCUT2D eigenvalue weighted by Crippen LogP contribution is -2.44. The van der Waals surface area contributed by atoms with Crippen molar-refractivity contribution in [2.75, 3.05) is 6.54 Å². The van der Waals surface area contributed by atoms with E-state index in [0.717, 1.165) is 10.4 Å². The van der Waals surface area contributed by atoms with Crippen LogP contribution < -0.4 is 10.4 Å². The van der Waals surface area contributed by atoms with Gasteiger partial charge in [0.25, 0.3) is 0 Å². The smallest absolute Gasteiger partial charge is 0.182 e. The molecule has 1 unspecified atom stereocenters. The molecule has 22 heavy (non-hydrogen) atoms. The minimum Gasteiger partial charge on any atom is -0.411 e. The number of benzene rings is 2. The van der Waals surface area contributed by atoms with Gasteiger partial charge in [-0.2, -0.15) is 0 Å². The van der Waals surface area contributed by atoms with Crippen LogP contribution in [0.25, 0.3) is 12.3 Å². The SMILES string of the molecule is O=C(CN1C=c2ccccc2=CC1/C=N/O)c1ccccc1. The Balaban J connectivity index is 1.91. The maximum atomic E-state index is 12.4. The fourth-order valence-corrected chi connectivity index (χ4v) is 2.55. The molecular weight excluding hydrogens is 276 g/mol. The molecule has 2 aromatic rings. The molecule has 0 radical (unpaired) electrons. The van der Waals surface area contributed by atoms with Crippen molar-refractivity contribution in [2.45, 2.75) is 6.04 Å². The summed E-state index contributed by atoms with van der Waals surface area (Å²) in [6.07, 6.45) is 5.33. The lowest BCUT2D eigenvalue weighted by atomic mass is 10.1. The molecule has 3 rings (SSSR count). The third kappa shape index (κ3) is 2.91. The van der Waals surface area contributed by atoms with Crippen LogP contribution in [0.2, 0.25) is 0 Å². The number of ketones is 1. The number of rotatable bonds is 4. The minimum absolute atomic E-state index is 0.0287. The highest BCUT2D eigenvalue weighted by atomic mass is 16.4. The van der Waals surface area contributed by atoms with Crippen molar-refractivity contribution < 1.29 is 10.0 Å². The maximum absolute atomic E-state index is 12.4. The summed E-state index contributed by atoms with van der Waals surface area (Å²) in [5.41, 5.74) is 0.675. The first kappa shape index (κ1) is 14.1. The highest BCUT2D eigenvalue weighted by Crippen LogP contribution is 2.07. The van der Waals surface area contributed by atoms with Crippen LogP contribution in [0, 0.1) is 0 Å². The summed E-state index contributed by atoms with van der Waals surface area (Å²) < 4.78 is 0. The fourth-order valence-electron chi connectivity index (χ4n) is 2.55. The van der Waals surface area contributed by atoms with Gasteiger partial charge in [0.2, 0.25) is 0 Å². The van der Waals surface area contributed by atoms with Gasteiger partial charge in [0.15, 0.2) is 5.78 Å². The number of nitrogens with zero attached hydrogens (tertiary/aromatic N) is 2. The predicted molar refractivity (Wildman–Crippen MR) is 86.2 cm³/mol. The van der Waals surface area contributed by atoms with Gasteiger partial charge in [0.05, 0.1) is 18.8 Å². The first-order chi connectivity index (χ1) is 10.8. The molecule has 4 heteroatoms. The molecule has 0 bridgehead atoms. The highest BCUT2D eigenvalue weighted by molar-refractivity contribution is 5.98. The van der Waals surface area contributed by atoms with Gasteiger partial charge < -0.3 is 10.1 Å². The second-order valence-electron chi connectivity index (χ2n) is 5.14. The average Bonchev–Trinajstić information content (AvgIpc) is 2.56. The quantitative estimate of drug-likeness (QED) is 0.399. The van der Waals surface area contributed by atoms with Crippen LogP contribution in [0.1, 0.15) is 10.4 Å². The fraction of sp³-hybridized carbons (Fsp3) is 0.111. The number of hydrogen-bond donors (Lipinski definition) is 1. The third-order valence-corrected chi connectivity index (χ3v) is 3.68. The van der Waals surface area contributed by atoms with Crippen molar-refractivity contribution in [3.63, 3.8) is 0 Å². The van der Waals surface area contributed by atoms with Crippen LogP contribution in [0.5, 0.6) is 0 Å². The van der Waals surface area contributed by atoms with E-state index in [2.05, 4.69) is 5.16 Å². The summed E-state index contributed by atoms with van der Waals surface area (Å²) in [4.78, 5) is 14.3. The monoisotopic (exact) mass is 292 g/mol. The molecule has 0 aromatic heterocycles. The van der Waals surface area contributed by atoms with E-state index in [-0.39, 0.29) is 18.4 Å². The Labute approximate surface area is 128 Å². The molecule has 0 saturated carbocycles. The zero-order chi connectivity index (χ0) is 15.4. The van der Waals surface area contributed by atoms with Crippen LogP contribution in [0.15, 0.2) is 59.8 Å². The normalized spacial score (nSPS) is 16.7. The van der Waals surface area contributed by atoms with Crippen molar-refractivity contribution in [2.24, 2.45) is 5.16 Å².